The van der Waals surface area contributed by atoms with Crippen LogP contribution in [0.2, 0.25) is 0 Å². The molecule has 0 unspecified atom stereocenters. The number of amides is 2. The Bertz CT molecular complexity index is 2320. The van der Waals surface area contributed by atoms with Gasteiger partial charge in [0.1, 0.15) is 28.5 Å². The van der Waals surface area contributed by atoms with Crippen LogP contribution in [0.4, 0.5) is 9.59 Å². The van der Waals surface area contributed by atoms with Crippen LogP contribution in [0.1, 0.15) is 193 Å². The van der Waals surface area contributed by atoms with Crippen molar-refractivity contribution >= 4 is 50.8 Å². The van der Waals surface area contributed by atoms with Gasteiger partial charge in [0.05, 0.1) is 42.3 Å². The van der Waals surface area contributed by atoms with Crippen LogP contribution in [0.5, 0.6) is 0 Å². The van der Waals surface area contributed by atoms with Crippen molar-refractivity contribution in [2.24, 2.45) is 0 Å². The standard InChI is InChI=1S/C25H35BrN4O2S.C25H36N4O2S/c1-23(2,3)17-14-16(27-21(28-17)25(7)10-11-25)18-19(26)33-20(29-18)15-8-12-30(13-9-15)22(31)32-24(4,5)6;1-23(2,3)19-14-17(27-21(28-19)25(7)10-11-25)18-15-32-20(26-18)16-8-12-29(13-9-16)22(30)31-24(4,5)6/h14-15H,8-13H2,1-7H3;14-16H,8-13H2,1-7H3. The van der Waals surface area contributed by atoms with Crippen molar-refractivity contribution in [3.8, 4) is 22.8 Å². The zero-order valence-electron chi connectivity index (χ0n) is 41.3. The van der Waals surface area contributed by atoms with Gasteiger partial charge in [0.2, 0.25) is 0 Å². The fraction of sp³-hybridized carbons (Fsp3) is 0.680. The maximum Gasteiger partial charge on any atom is 0.410 e. The first-order chi connectivity index (χ1) is 30.1. The van der Waals surface area contributed by atoms with Crippen molar-refractivity contribution in [1.29, 1.82) is 0 Å². The SMILES string of the molecule is CC(C)(C)OC(=O)N1CCC(c2nc(-c3cc(C(C)(C)C)nc(C4(C)CC4)n3)c(Br)s2)CC1.CC(C)(C)OC(=O)N1CCC(c2nc(-c3cc(C(C)(C)C)nc(C4(C)CC4)n3)cs2)CC1. The lowest BCUT2D eigenvalue weighted by Crippen LogP contribution is -2.41. The molecule has 0 bridgehead atoms. The van der Waals surface area contributed by atoms with Crippen LogP contribution >= 0.6 is 38.6 Å². The molecule has 0 radical (unpaired) electrons. The number of carbonyl (C=O) groups is 2. The maximum atomic E-state index is 12.4. The zero-order valence-corrected chi connectivity index (χ0v) is 44.5. The van der Waals surface area contributed by atoms with Gasteiger partial charge in [-0.25, -0.2) is 39.5 Å². The second-order valence-electron chi connectivity index (χ2n) is 23.3. The lowest BCUT2D eigenvalue weighted by molar-refractivity contribution is 0.0194. The van der Waals surface area contributed by atoms with Crippen LogP contribution < -0.4 is 0 Å². The van der Waals surface area contributed by atoms with E-state index in [9.17, 15) is 9.59 Å². The quantitative estimate of drug-likeness (QED) is 0.184. The van der Waals surface area contributed by atoms with Gasteiger partial charge in [-0.3, -0.25) is 0 Å². The van der Waals surface area contributed by atoms with Crippen molar-refractivity contribution < 1.29 is 19.1 Å². The molecule has 6 heterocycles. The van der Waals surface area contributed by atoms with Gasteiger partial charge < -0.3 is 19.3 Å². The Morgan fingerprint density at radius 2 is 1.02 bits per heavy atom. The molecular formula is C50H71BrN8O4S2. The molecule has 354 valence electrons. The van der Waals surface area contributed by atoms with E-state index in [0.29, 0.717) is 38.0 Å². The van der Waals surface area contributed by atoms with Crippen LogP contribution in [-0.2, 0) is 31.1 Å². The summed E-state index contributed by atoms with van der Waals surface area (Å²) in [6.45, 7) is 31.9. The van der Waals surface area contributed by atoms with Gasteiger partial charge in [-0.05, 0) is 121 Å². The number of thiazole rings is 2. The largest absolute Gasteiger partial charge is 0.444 e. The van der Waals surface area contributed by atoms with E-state index in [2.05, 4.69) is 88.8 Å². The Kier molecular flexibility index (Phi) is 13.8. The number of ether oxygens (including phenoxy) is 2. The minimum Gasteiger partial charge on any atom is -0.444 e. The average Bonchev–Trinajstić information content (AvgIpc) is 4.04. The highest BCUT2D eigenvalue weighted by molar-refractivity contribution is 9.11. The second-order valence-corrected chi connectivity index (χ2v) is 26.5. The Morgan fingerprint density at radius 1 is 0.600 bits per heavy atom. The summed E-state index contributed by atoms with van der Waals surface area (Å²) in [6, 6.07) is 4.21. The van der Waals surface area contributed by atoms with E-state index in [1.165, 1.54) is 0 Å². The smallest absolute Gasteiger partial charge is 0.410 e. The molecule has 65 heavy (non-hydrogen) atoms. The van der Waals surface area contributed by atoms with Crippen molar-refractivity contribution in [1.82, 2.24) is 39.7 Å². The summed E-state index contributed by atoms with van der Waals surface area (Å²) >= 11 is 7.16. The third-order valence-electron chi connectivity index (χ3n) is 12.7. The van der Waals surface area contributed by atoms with Gasteiger partial charge in [-0.1, -0.05) is 55.4 Å². The normalized spacial score (nSPS) is 19.1. The first-order valence-electron chi connectivity index (χ1n) is 23.5. The highest BCUT2D eigenvalue weighted by Crippen LogP contribution is 2.48. The van der Waals surface area contributed by atoms with Gasteiger partial charge >= 0.3 is 12.2 Å². The Labute approximate surface area is 403 Å². The molecule has 0 N–H and O–H groups in total. The van der Waals surface area contributed by atoms with Crippen LogP contribution in [0, 0.1) is 0 Å². The number of halogens is 1. The molecule has 8 rings (SSSR count). The van der Waals surface area contributed by atoms with E-state index in [4.69, 9.17) is 39.4 Å². The number of likely N-dealkylation sites (tertiary alicyclic amines) is 2. The highest BCUT2D eigenvalue weighted by atomic mass is 79.9. The number of carbonyl (C=O) groups excluding carboxylic acids is 2. The van der Waals surface area contributed by atoms with Crippen molar-refractivity contribution in [2.45, 2.75) is 193 Å². The number of hydrogen-bond donors (Lipinski definition) is 0. The molecule has 2 amide bonds. The van der Waals surface area contributed by atoms with Crippen molar-refractivity contribution in [3.05, 3.63) is 54.4 Å². The third kappa shape index (κ3) is 12.3. The lowest BCUT2D eigenvalue weighted by Gasteiger charge is -2.32. The summed E-state index contributed by atoms with van der Waals surface area (Å²) < 4.78 is 12.1. The van der Waals surface area contributed by atoms with Gasteiger partial charge in [0.15, 0.2) is 0 Å². The minimum atomic E-state index is -0.469. The molecule has 4 aromatic heterocycles. The average molecular weight is 992 g/mol. The minimum absolute atomic E-state index is 0.0367. The summed E-state index contributed by atoms with van der Waals surface area (Å²) in [5, 5.41) is 4.37. The number of hydrogen-bond acceptors (Lipinski definition) is 12. The second kappa shape index (κ2) is 18.2. The number of piperidine rings is 2. The number of nitrogens with zero attached hydrogens (tertiary/aromatic N) is 8. The monoisotopic (exact) mass is 990 g/mol. The zero-order chi connectivity index (χ0) is 47.5. The summed E-state index contributed by atoms with van der Waals surface area (Å²) in [5.74, 6) is 2.61. The first-order valence-corrected chi connectivity index (χ1v) is 26.0. The van der Waals surface area contributed by atoms with Crippen LogP contribution in [0.15, 0.2) is 21.3 Å². The Balaban J connectivity index is 0.000000194. The summed E-state index contributed by atoms with van der Waals surface area (Å²) in [5.41, 5.74) is 5.00. The molecule has 0 aromatic carbocycles. The summed E-state index contributed by atoms with van der Waals surface area (Å²) in [4.78, 5) is 58.2. The fourth-order valence-corrected chi connectivity index (χ4v) is 10.5. The molecule has 2 saturated heterocycles. The molecule has 4 fully saturated rings. The molecule has 2 saturated carbocycles. The predicted octanol–water partition coefficient (Wildman–Crippen LogP) is 12.9. The van der Waals surface area contributed by atoms with E-state index in [1.54, 1.807) is 22.7 Å². The van der Waals surface area contributed by atoms with Gasteiger partial charge in [0.25, 0.3) is 0 Å². The Morgan fingerprint density at radius 3 is 1.43 bits per heavy atom. The maximum absolute atomic E-state index is 12.4. The lowest BCUT2D eigenvalue weighted by atomic mass is 9.91. The van der Waals surface area contributed by atoms with Crippen molar-refractivity contribution in [3.63, 3.8) is 0 Å². The van der Waals surface area contributed by atoms with Gasteiger partial charge in [-0.15, -0.1) is 22.7 Å². The van der Waals surface area contributed by atoms with E-state index < -0.39 is 11.2 Å². The van der Waals surface area contributed by atoms with Crippen LogP contribution in [0.3, 0.4) is 0 Å². The van der Waals surface area contributed by atoms with Gasteiger partial charge in [-0.2, -0.15) is 0 Å². The molecule has 2 aliphatic carbocycles. The predicted molar refractivity (Wildman–Crippen MR) is 264 cm³/mol. The topological polar surface area (TPSA) is 136 Å². The van der Waals surface area contributed by atoms with E-state index >= 15 is 0 Å². The van der Waals surface area contributed by atoms with E-state index in [-0.39, 0.29) is 33.8 Å². The highest BCUT2D eigenvalue weighted by Gasteiger charge is 2.44. The number of rotatable bonds is 6. The fourth-order valence-electron chi connectivity index (χ4n) is 7.79. The molecule has 0 spiro atoms. The van der Waals surface area contributed by atoms with E-state index in [0.717, 1.165) is 111 Å². The Hall–Kier alpha value is -3.56. The summed E-state index contributed by atoms with van der Waals surface area (Å²) in [7, 11) is 0. The number of aromatic nitrogens is 6. The first kappa shape index (κ1) is 49.3. The summed E-state index contributed by atoms with van der Waals surface area (Å²) in [6.07, 6.45) is 7.74. The molecule has 12 nitrogen and oxygen atoms in total. The third-order valence-corrected chi connectivity index (χ3v) is 15.6. The van der Waals surface area contributed by atoms with Crippen LogP contribution in [-0.4, -0.2) is 89.3 Å². The van der Waals surface area contributed by atoms with Crippen LogP contribution in [0.25, 0.3) is 22.8 Å². The molecule has 4 aliphatic rings. The molecular weight excluding hydrogens is 921 g/mol. The molecule has 15 heteroatoms. The molecule has 2 aliphatic heterocycles. The van der Waals surface area contributed by atoms with Gasteiger partial charge in [0, 0.05) is 65.1 Å². The molecule has 4 aromatic rings. The van der Waals surface area contributed by atoms with E-state index in [1.807, 2.05) is 51.3 Å². The molecule has 0 atom stereocenters. The van der Waals surface area contributed by atoms with Crippen molar-refractivity contribution in [2.75, 3.05) is 26.2 Å².